The number of ether oxygens (including phenoxy) is 1. The van der Waals surface area contributed by atoms with Crippen molar-refractivity contribution in [1.82, 2.24) is 4.90 Å². The molecule has 1 aliphatic rings. The van der Waals surface area contributed by atoms with E-state index in [0.29, 0.717) is 6.04 Å². The first-order valence-electron chi connectivity index (χ1n) is 6.25. The number of hydrogen-bond donors (Lipinski definition) is 0. The second-order valence-electron chi connectivity index (χ2n) is 5.11. The average Bonchev–Trinajstić information content (AvgIpc) is 2.63. The third-order valence-corrected chi connectivity index (χ3v) is 2.48. The molecule has 1 saturated heterocycles. The third kappa shape index (κ3) is 6.29. The van der Waals surface area contributed by atoms with Gasteiger partial charge in [-0.1, -0.05) is 6.92 Å². The first kappa shape index (κ1) is 15.9. The summed E-state index contributed by atoms with van der Waals surface area (Å²) in [6.07, 6.45) is 3.86. The van der Waals surface area contributed by atoms with Crippen LogP contribution in [0.25, 0.3) is 0 Å². The summed E-state index contributed by atoms with van der Waals surface area (Å²) in [7, 11) is 0. The molecule has 100 valence electrons. The average molecular weight is 243 g/mol. The Hall–Kier alpha value is -1.06. The van der Waals surface area contributed by atoms with E-state index in [9.17, 15) is 4.79 Å². The molecule has 1 unspecified atom stereocenters. The first-order chi connectivity index (χ1) is 7.85. The summed E-state index contributed by atoms with van der Waals surface area (Å²) in [6, 6.07) is 0.393. The molecule has 1 atom stereocenters. The first-order valence-corrected chi connectivity index (χ1v) is 6.25. The van der Waals surface area contributed by atoms with E-state index in [0.717, 1.165) is 32.1 Å². The quantitative estimate of drug-likeness (QED) is 0.665. The van der Waals surface area contributed by atoms with Crippen LogP contribution in [0, 0.1) is 0 Å². The Labute approximate surface area is 104 Å². The molecular weight excluding hydrogens is 218 g/mol. The molecule has 0 aromatic heterocycles. The monoisotopic (exact) mass is 243 g/mol. The van der Waals surface area contributed by atoms with Crippen molar-refractivity contribution >= 4 is 12.4 Å². The van der Waals surface area contributed by atoms with Crippen molar-refractivity contribution < 1.29 is 14.3 Å². The molecular formula is C13H25NO3. The molecule has 1 aliphatic heterocycles. The largest absolute Gasteiger partial charge is 0.444 e. The van der Waals surface area contributed by atoms with E-state index in [4.69, 9.17) is 9.53 Å². The molecule has 0 bridgehead atoms. The molecule has 4 heteroatoms. The Bertz CT molecular complexity index is 246. The summed E-state index contributed by atoms with van der Waals surface area (Å²) in [6.45, 7) is 10.1. The van der Waals surface area contributed by atoms with Crippen LogP contribution in [0.2, 0.25) is 0 Å². The van der Waals surface area contributed by atoms with Gasteiger partial charge >= 0.3 is 6.09 Å². The smallest absolute Gasteiger partial charge is 0.410 e. The van der Waals surface area contributed by atoms with Gasteiger partial charge in [-0.05, 0) is 47.0 Å². The molecule has 0 radical (unpaired) electrons. The maximum atomic E-state index is 11.7. The lowest BCUT2D eigenvalue weighted by molar-refractivity contribution is -0.106. The van der Waals surface area contributed by atoms with Gasteiger partial charge in [0.05, 0.1) is 0 Å². The summed E-state index contributed by atoms with van der Waals surface area (Å²) in [5, 5.41) is 0. The highest BCUT2D eigenvalue weighted by atomic mass is 16.6. The number of nitrogens with zero attached hydrogens (tertiary/aromatic N) is 1. The predicted octanol–water partition coefficient (Wildman–Crippen LogP) is 3.00. The fourth-order valence-electron chi connectivity index (χ4n) is 1.82. The normalized spacial score (nSPS) is 19.4. The van der Waals surface area contributed by atoms with E-state index >= 15 is 0 Å². The van der Waals surface area contributed by atoms with Crippen LogP contribution in [-0.4, -0.2) is 35.5 Å². The van der Waals surface area contributed by atoms with Crippen molar-refractivity contribution in [1.29, 1.82) is 0 Å². The highest BCUT2D eigenvalue weighted by molar-refractivity contribution is 5.68. The second-order valence-corrected chi connectivity index (χ2v) is 5.11. The van der Waals surface area contributed by atoms with Gasteiger partial charge in [-0.15, -0.1) is 0 Å². The Morgan fingerprint density at radius 3 is 2.41 bits per heavy atom. The molecule has 0 saturated carbocycles. The minimum absolute atomic E-state index is 0.151. The highest BCUT2D eigenvalue weighted by Crippen LogP contribution is 2.22. The number of carbonyl (C=O) groups is 2. The summed E-state index contributed by atoms with van der Waals surface area (Å²) < 4.78 is 5.34. The van der Waals surface area contributed by atoms with E-state index in [1.807, 2.05) is 25.7 Å². The molecule has 0 aliphatic carbocycles. The molecule has 0 aromatic rings. The third-order valence-electron chi connectivity index (χ3n) is 2.48. The van der Waals surface area contributed by atoms with Gasteiger partial charge in [0.2, 0.25) is 0 Å². The molecule has 1 rings (SSSR count). The van der Waals surface area contributed by atoms with Gasteiger partial charge in [0.1, 0.15) is 11.9 Å². The van der Waals surface area contributed by atoms with E-state index < -0.39 is 0 Å². The van der Waals surface area contributed by atoms with Gasteiger partial charge in [-0.3, -0.25) is 0 Å². The lowest BCUT2D eigenvalue weighted by Gasteiger charge is -2.28. The summed E-state index contributed by atoms with van der Waals surface area (Å²) in [5.74, 6) is 0. The van der Waals surface area contributed by atoms with Crippen molar-refractivity contribution in [2.45, 2.75) is 65.5 Å². The van der Waals surface area contributed by atoms with Crippen LogP contribution in [0.4, 0.5) is 4.79 Å². The Morgan fingerprint density at radius 1 is 1.47 bits per heavy atom. The molecule has 0 spiro atoms. The van der Waals surface area contributed by atoms with Gasteiger partial charge in [-0.25, -0.2) is 4.79 Å². The van der Waals surface area contributed by atoms with Crippen molar-refractivity contribution in [2.75, 3.05) is 6.54 Å². The second kappa shape index (κ2) is 7.30. The van der Waals surface area contributed by atoms with Crippen LogP contribution in [0.15, 0.2) is 0 Å². The maximum absolute atomic E-state index is 11.7. The van der Waals surface area contributed by atoms with Crippen molar-refractivity contribution in [3.8, 4) is 0 Å². The Morgan fingerprint density at radius 2 is 2.00 bits per heavy atom. The number of likely N-dealkylation sites (tertiary alicyclic amines) is 1. The number of rotatable bonds is 1. The summed E-state index contributed by atoms with van der Waals surface area (Å²) in [4.78, 5) is 22.4. The zero-order valence-corrected chi connectivity index (χ0v) is 11.7. The zero-order chi connectivity index (χ0) is 13.5. The lowest BCUT2D eigenvalue weighted by atomic mass is 10.2. The van der Waals surface area contributed by atoms with Crippen molar-refractivity contribution in [2.24, 2.45) is 0 Å². The van der Waals surface area contributed by atoms with Gasteiger partial charge < -0.3 is 14.4 Å². The Kier molecular flexibility index (Phi) is 6.85. The van der Waals surface area contributed by atoms with Crippen LogP contribution in [-0.2, 0) is 9.53 Å². The summed E-state index contributed by atoms with van der Waals surface area (Å²) >= 11 is 0. The maximum Gasteiger partial charge on any atom is 0.410 e. The van der Waals surface area contributed by atoms with Crippen LogP contribution in [0.1, 0.15) is 53.9 Å². The number of hydrogen-bond acceptors (Lipinski definition) is 3. The molecule has 0 aromatic carbocycles. The fourth-order valence-corrected chi connectivity index (χ4v) is 1.82. The van der Waals surface area contributed by atoms with E-state index in [1.165, 1.54) is 6.92 Å². The standard InChI is InChI=1S/C11H21NO2.C2H4O/c1-5-9-7-6-8-12(9)10(13)14-11(2,3)4;1-2-3/h9H,5-8H2,1-4H3;2H,1H3. The number of amides is 1. The van der Waals surface area contributed by atoms with Crippen LogP contribution in [0.3, 0.4) is 0 Å². The van der Waals surface area contributed by atoms with Gasteiger partial charge in [0.25, 0.3) is 0 Å². The molecule has 17 heavy (non-hydrogen) atoms. The van der Waals surface area contributed by atoms with Crippen molar-refractivity contribution in [3.05, 3.63) is 0 Å². The minimum Gasteiger partial charge on any atom is -0.444 e. The SMILES string of the molecule is CC=O.CCC1CCCN1C(=O)OC(C)(C)C. The van der Waals surface area contributed by atoms with Crippen molar-refractivity contribution in [3.63, 3.8) is 0 Å². The molecule has 1 heterocycles. The van der Waals surface area contributed by atoms with Gasteiger partial charge in [0.15, 0.2) is 0 Å². The minimum atomic E-state index is -0.377. The number of carbonyl (C=O) groups excluding carboxylic acids is 2. The van der Waals surface area contributed by atoms with E-state index in [1.54, 1.807) is 0 Å². The van der Waals surface area contributed by atoms with E-state index in [-0.39, 0.29) is 11.7 Å². The predicted molar refractivity (Wildman–Crippen MR) is 68.0 cm³/mol. The van der Waals surface area contributed by atoms with Gasteiger partial charge in [0, 0.05) is 12.6 Å². The van der Waals surface area contributed by atoms with E-state index in [2.05, 4.69) is 6.92 Å². The summed E-state index contributed by atoms with van der Waals surface area (Å²) in [5.41, 5.74) is -0.377. The molecule has 0 N–H and O–H groups in total. The van der Waals surface area contributed by atoms with Crippen LogP contribution >= 0.6 is 0 Å². The highest BCUT2D eigenvalue weighted by Gasteiger charge is 2.30. The molecule has 1 fully saturated rings. The van der Waals surface area contributed by atoms with Crippen LogP contribution in [0.5, 0.6) is 0 Å². The van der Waals surface area contributed by atoms with Gasteiger partial charge in [-0.2, -0.15) is 0 Å². The topological polar surface area (TPSA) is 46.6 Å². The molecule has 1 amide bonds. The zero-order valence-electron chi connectivity index (χ0n) is 11.7. The Balaban J connectivity index is 0.000000770. The van der Waals surface area contributed by atoms with Crippen LogP contribution < -0.4 is 0 Å². The molecule has 4 nitrogen and oxygen atoms in total. The number of aldehydes is 1. The fraction of sp³-hybridized carbons (Fsp3) is 0.846. The lowest BCUT2D eigenvalue weighted by Crippen LogP contribution is -2.39.